The Morgan fingerprint density at radius 2 is 1.92 bits per heavy atom. The average Bonchev–Trinajstić information content (AvgIpc) is 2.51. The van der Waals surface area contributed by atoms with Gasteiger partial charge in [0.1, 0.15) is 11.9 Å². The van der Waals surface area contributed by atoms with E-state index in [-0.39, 0.29) is 12.4 Å². The fourth-order valence-corrected chi connectivity index (χ4v) is 2.86. The van der Waals surface area contributed by atoms with Crippen LogP contribution in [0.4, 0.5) is 9.18 Å². The van der Waals surface area contributed by atoms with Crippen molar-refractivity contribution in [1.29, 1.82) is 0 Å². The zero-order valence-electron chi connectivity index (χ0n) is 13.0. The summed E-state index contributed by atoms with van der Waals surface area (Å²) in [6.07, 6.45) is 0. The van der Waals surface area contributed by atoms with Gasteiger partial charge in [0, 0.05) is 16.6 Å². The summed E-state index contributed by atoms with van der Waals surface area (Å²) in [6, 6.07) is 11.8. The molecule has 0 saturated carbocycles. The Morgan fingerprint density at radius 3 is 2.54 bits per heavy atom. The molecule has 0 radical (unpaired) electrons. The number of nitrogens with one attached hydrogen (secondary N) is 1. The first-order valence-corrected chi connectivity index (χ1v) is 7.97. The molecule has 3 N–H and O–H groups in total. The van der Waals surface area contributed by atoms with Gasteiger partial charge < -0.3 is 5.73 Å². The van der Waals surface area contributed by atoms with Crippen molar-refractivity contribution in [1.82, 2.24) is 10.2 Å². The number of benzene rings is 2. The molecular weight excluding hydrogens is 377 g/mol. The van der Waals surface area contributed by atoms with Gasteiger partial charge >= 0.3 is 6.03 Å². The number of primary amides is 1. The lowest BCUT2D eigenvalue weighted by Gasteiger charge is -2.27. The topological polar surface area (TPSA) is 75.4 Å². The minimum absolute atomic E-state index is 0.178. The number of urea groups is 1. The van der Waals surface area contributed by atoms with Crippen LogP contribution in [0.15, 0.2) is 53.0 Å². The van der Waals surface area contributed by atoms with Crippen molar-refractivity contribution < 1.29 is 14.0 Å². The van der Waals surface area contributed by atoms with Gasteiger partial charge in [0.25, 0.3) is 0 Å². The third kappa shape index (κ3) is 4.62. The molecule has 0 aliphatic carbocycles. The van der Waals surface area contributed by atoms with E-state index in [2.05, 4.69) is 21.2 Å². The number of carbonyl (C=O) groups is 2. The summed E-state index contributed by atoms with van der Waals surface area (Å²) >= 11 is 3.30. The number of likely N-dealkylation sites (N-methyl/N-ethyl adjacent to an activating group) is 1. The molecular formula is C17H17BrFN3O2. The first kappa shape index (κ1) is 18.1. The van der Waals surface area contributed by atoms with Crippen molar-refractivity contribution in [3.8, 4) is 0 Å². The van der Waals surface area contributed by atoms with Crippen LogP contribution in [-0.4, -0.2) is 23.9 Å². The van der Waals surface area contributed by atoms with Crippen molar-refractivity contribution in [2.24, 2.45) is 5.73 Å². The van der Waals surface area contributed by atoms with Crippen LogP contribution in [-0.2, 0) is 11.3 Å². The van der Waals surface area contributed by atoms with Gasteiger partial charge in [0.2, 0.25) is 5.91 Å². The maximum absolute atomic E-state index is 14.0. The van der Waals surface area contributed by atoms with Crippen molar-refractivity contribution in [3.63, 3.8) is 0 Å². The van der Waals surface area contributed by atoms with Gasteiger partial charge in [-0.25, -0.2) is 9.18 Å². The van der Waals surface area contributed by atoms with Crippen LogP contribution in [0.25, 0.3) is 0 Å². The minimum Gasteiger partial charge on any atom is -0.351 e. The van der Waals surface area contributed by atoms with E-state index >= 15 is 0 Å². The lowest BCUT2D eigenvalue weighted by Crippen LogP contribution is -2.43. The highest BCUT2D eigenvalue weighted by atomic mass is 79.9. The monoisotopic (exact) mass is 393 g/mol. The largest absolute Gasteiger partial charge is 0.351 e. The van der Waals surface area contributed by atoms with Crippen molar-refractivity contribution >= 4 is 27.9 Å². The highest BCUT2D eigenvalue weighted by molar-refractivity contribution is 9.10. The lowest BCUT2D eigenvalue weighted by molar-refractivity contribution is -0.125. The predicted octanol–water partition coefficient (Wildman–Crippen LogP) is 2.96. The summed E-state index contributed by atoms with van der Waals surface area (Å²) in [6.45, 7) is 0.178. The molecule has 0 saturated heterocycles. The van der Waals surface area contributed by atoms with Crippen LogP contribution in [0.2, 0.25) is 0 Å². The second-order valence-corrected chi connectivity index (χ2v) is 6.23. The van der Waals surface area contributed by atoms with E-state index in [1.165, 1.54) is 6.07 Å². The van der Waals surface area contributed by atoms with Gasteiger partial charge in [-0.3, -0.25) is 15.0 Å². The number of imide groups is 1. The Kier molecular flexibility index (Phi) is 6.05. The smallest absolute Gasteiger partial charge is 0.318 e. The van der Waals surface area contributed by atoms with E-state index in [4.69, 9.17) is 5.73 Å². The number of nitrogens with zero attached hydrogens (tertiary/aromatic N) is 1. The number of hydrogen-bond donors (Lipinski definition) is 2. The molecule has 0 fully saturated rings. The van der Waals surface area contributed by atoms with Gasteiger partial charge in [0.05, 0.1) is 0 Å². The molecule has 5 nitrogen and oxygen atoms in total. The lowest BCUT2D eigenvalue weighted by atomic mass is 10.0. The third-order valence-electron chi connectivity index (χ3n) is 3.48. The summed E-state index contributed by atoms with van der Waals surface area (Å²) in [5.74, 6) is -0.932. The molecule has 0 aliphatic rings. The van der Waals surface area contributed by atoms with E-state index in [9.17, 15) is 14.0 Å². The molecule has 3 amide bonds. The van der Waals surface area contributed by atoms with Crippen LogP contribution in [0.5, 0.6) is 0 Å². The number of nitrogens with two attached hydrogens (primary N) is 1. The van der Waals surface area contributed by atoms with Gasteiger partial charge in [0.15, 0.2) is 0 Å². The van der Waals surface area contributed by atoms with Gasteiger partial charge in [-0.15, -0.1) is 0 Å². The summed E-state index contributed by atoms with van der Waals surface area (Å²) in [7, 11) is 1.68. The van der Waals surface area contributed by atoms with Crippen LogP contribution in [0, 0.1) is 5.82 Å². The number of carbonyl (C=O) groups excluding carboxylic acids is 2. The molecule has 2 aromatic rings. The summed E-state index contributed by atoms with van der Waals surface area (Å²) < 4.78 is 14.7. The predicted molar refractivity (Wildman–Crippen MR) is 92.5 cm³/mol. The highest BCUT2D eigenvalue weighted by Crippen LogP contribution is 2.24. The van der Waals surface area contributed by atoms with Crippen LogP contribution < -0.4 is 11.1 Å². The standard InChI is InChI=1S/C17H17BrFN3O2/c1-22(10-12-9-13(18)7-8-14(12)19)15(16(23)21-17(20)24)11-5-3-2-4-6-11/h2-9,15H,10H2,1H3,(H3,20,21,23,24). The van der Waals surface area contributed by atoms with E-state index in [0.29, 0.717) is 11.1 Å². The second-order valence-electron chi connectivity index (χ2n) is 5.32. The maximum atomic E-state index is 14.0. The Labute approximate surface area is 147 Å². The molecule has 1 atom stereocenters. The molecule has 126 valence electrons. The molecule has 0 spiro atoms. The Bertz CT molecular complexity index is 740. The summed E-state index contributed by atoms with van der Waals surface area (Å²) in [5.41, 5.74) is 6.16. The molecule has 0 aromatic heterocycles. The van der Waals surface area contributed by atoms with E-state index in [0.717, 1.165) is 4.47 Å². The number of rotatable bonds is 5. The molecule has 2 aromatic carbocycles. The van der Waals surface area contributed by atoms with E-state index in [1.807, 2.05) is 6.07 Å². The zero-order chi connectivity index (χ0) is 17.7. The molecule has 24 heavy (non-hydrogen) atoms. The quantitative estimate of drug-likeness (QED) is 0.819. The van der Waals surface area contributed by atoms with E-state index in [1.54, 1.807) is 48.3 Å². The summed E-state index contributed by atoms with van der Waals surface area (Å²) in [5, 5.41) is 2.09. The first-order valence-electron chi connectivity index (χ1n) is 7.18. The number of hydrogen-bond acceptors (Lipinski definition) is 3. The SMILES string of the molecule is CN(Cc1cc(Br)ccc1F)C(C(=O)NC(N)=O)c1ccccc1. The van der Waals surface area contributed by atoms with Crippen LogP contribution in [0.1, 0.15) is 17.2 Å². The van der Waals surface area contributed by atoms with Crippen LogP contribution in [0.3, 0.4) is 0 Å². The molecule has 0 heterocycles. The van der Waals surface area contributed by atoms with Gasteiger partial charge in [-0.05, 0) is 30.8 Å². The Morgan fingerprint density at radius 1 is 1.25 bits per heavy atom. The third-order valence-corrected chi connectivity index (χ3v) is 3.97. The fraction of sp³-hybridized carbons (Fsp3) is 0.176. The fourth-order valence-electron chi connectivity index (χ4n) is 2.46. The first-order chi connectivity index (χ1) is 11.4. The number of halogens is 2. The number of amides is 3. The molecule has 0 aliphatic heterocycles. The maximum Gasteiger partial charge on any atom is 0.318 e. The molecule has 7 heteroatoms. The molecule has 0 bridgehead atoms. The summed E-state index contributed by atoms with van der Waals surface area (Å²) in [4.78, 5) is 25.1. The molecule has 2 rings (SSSR count). The van der Waals surface area contributed by atoms with E-state index < -0.39 is 18.0 Å². The second kappa shape index (κ2) is 8.03. The minimum atomic E-state index is -0.928. The van der Waals surface area contributed by atoms with Gasteiger partial charge in [-0.2, -0.15) is 0 Å². The van der Waals surface area contributed by atoms with Crippen molar-refractivity contribution in [2.45, 2.75) is 12.6 Å². The Hall–Kier alpha value is -2.25. The Balaban J connectivity index is 2.30. The van der Waals surface area contributed by atoms with Crippen molar-refractivity contribution in [2.75, 3.05) is 7.05 Å². The molecule has 1 unspecified atom stereocenters. The zero-order valence-corrected chi connectivity index (χ0v) is 14.6. The van der Waals surface area contributed by atoms with Gasteiger partial charge in [-0.1, -0.05) is 46.3 Å². The normalized spacial score (nSPS) is 12.0. The van der Waals surface area contributed by atoms with Crippen molar-refractivity contribution in [3.05, 3.63) is 69.9 Å². The average molecular weight is 394 g/mol. The van der Waals surface area contributed by atoms with Crippen LogP contribution >= 0.6 is 15.9 Å². The highest BCUT2D eigenvalue weighted by Gasteiger charge is 2.26.